The van der Waals surface area contributed by atoms with Crippen LogP contribution in [0.5, 0.6) is 0 Å². The summed E-state index contributed by atoms with van der Waals surface area (Å²) in [5, 5.41) is 0. The highest BCUT2D eigenvalue weighted by atomic mass is 16.1. The summed E-state index contributed by atoms with van der Waals surface area (Å²) in [5.41, 5.74) is 0. The molecule has 0 aromatic carbocycles. The van der Waals surface area contributed by atoms with Gasteiger partial charge in [0, 0.05) is 11.8 Å². The van der Waals surface area contributed by atoms with Gasteiger partial charge in [-0.2, -0.15) is 0 Å². The van der Waals surface area contributed by atoms with Crippen molar-refractivity contribution >= 4 is 5.78 Å². The van der Waals surface area contributed by atoms with Gasteiger partial charge in [0.25, 0.3) is 0 Å². The lowest BCUT2D eigenvalue weighted by Crippen LogP contribution is -2.54. The van der Waals surface area contributed by atoms with Gasteiger partial charge >= 0.3 is 0 Å². The zero-order chi connectivity index (χ0) is 15.8. The maximum Gasteiger partial charge on any atom is 0.139 e. The van der Waals surface area contributed by atoms with E-state index in [1.54, 1.807) is 0 Å². The van der Waals surface area contributed by atoms with Crippen molar-refractivity contribution in [3.63, 3.8) is 0 Å². The van der Waals surface area contributed by atoms with E-state index in [4.69, 9.17) is 0 Å². The van der Waals surface area contributed by atoms with Crippen LogP contribution in [0.1, 0.15) is 77.0 Å². The van der Waals surface area contributed by atoms with Crippen molar-refractivity contribution in [2.24, 2.45) is 59.2 Å². The van der Waals surface area contributed by atoms with Gasteiger partial charge in [0.15, 0.2) is 0 Å². The van der Waals surface area contributed by atoms with Crippen LogP contribution in [-0.2, 0) is 4.79 Å². The average molecular weight is 327 g/mol. The first-order chi connectivity index (χ1) is 11.8. The van der Waals surface area contributed by atoms with E-state index in [1.807, 2.05) is 0 Å². The molecule has 10 atom stereocenters. The lowest BCUT2D eigenvalue weighted by Gasteiger charge is -2.60. The van der Waals surface area contributed by atoms with Gasteiger partial charge < -0.3 is 0 Å². The summed E-state index contributed by atoms with van der Waals surface area (Å²) >= 11 is 0. The predicted octanol–water partition coefficient (Wildman–Crippen LogP) is 5.48. The van der Waals surface area contributed by atoms with Crippen LogP contribution in [0.2, 0.25) is 0 Å². The molecule has 1 nitrogen and oxygen atoms in total. The number of fused-ring (bicyclic) bond motifs is 4. The predicted molar refractivity (Wildman–Crippen MR) is 95.3 cm³/mol. The molecule has 24 heavy (non-hydrogen) atoms. The second kappa shape index (κ2) is 5.34. The van der Waals surface area contributed by atoms with Gasteiger partial charge in [-0.1, -0.05) is 32.1 Å². The molecule has 0 N–H and O–H groups in total. The van der Waals surface area contributed by atoms with Crippen molar-refractivity contribution in [1.29, 1.82) is 0 Å². The summed E-state index contributed by atoms with van der Waals surface area (Å²) in [6, 6.07) is 0. The second-order valence-electron chi connectivity index (χ2n) is 10.6. The second-order valence-corrected chi connectivity index (χ2v) is 10.6. The summed E-state index contributed by atoms with van der Waals surface area (Å²) in [5.74, 6) is 9.52. The minimum Gasteiger partial charge on any atom is -0.299 e. The number of carbonyl (C=O) groups is 1. The Bertz CT molecular complexity index is 532. The minimum atomic E-state index is 0.494. The Morgan fingerprint density at radius 2 is 1.29 bits per heavy atom. The van der Waals surface area contributed by atoms with Crippen molar-refractivity contribution in [2.45, 2.75) is 77.0 Å². The van der Waals surface area contributed by atoms with Crippen LogP contribution in [0.25, 0.3) is 0 Å². The molecule has 0 heterocycles. The number of hydrogen-bond acceptors (Lipinski definition) is 1. The van der Waals surface area contributed by atoms with Gasteiger partial charge in [-0.3, -0.25) is 4.79 Å². The Kier molecular flexibility index (Phi) is 3.29. The first kappa shape index (κ1) is 14.8. The fraction of sp³-hybridized carbons (Fsp3) is 0.957. The molecule has 0 amide bonds. The minimum absolute atomic E-state index is 0.494. The summed E-state index contributed by atoms with van der Waals surface area (Å²) in [6.07, 6.45) is 17.3. The molecule has 6 aliphatic carbocycles. The molecule has 0 spiro atoms. The fourth-order valence-corrected chi connectivity index (χ4v) is 9.56. The van der Waals surface area contributed by atoms with Gasteiger partial charge in [-0.15, -0.1) is 0 Å². The Morgan fingerprint density at radius 3 is 2.17 bits per heavy atom. The Hall–Kier alpha value is -0.330. The molecule has 6 saturated carbocycles. The third kappa shape index (κ3) is 1.85. The topological polar surface area (TPSA) is 17.1 Å². The number of carbonyl (C=O) groups excluding carboxylic acids is 1. The molecule has 0 aromatic rings. The van der Waals surface area contributed by atoms with Crippen molar-refractivity contribution in [2.75, 3.05) is 0 Å². The van der Waals surface area contributed by atoms with E-state index >= 15 is 0 Å². The molecule has 0 saturated heterocycles. The lowest BCUT2D eigenvalue weighted by molar-refractivity contribution is -0.135. The Balaban J connectivity index is 1.38. The van der Waals surface area contributed by atoms with Crippen molar-refractivity contribution in [3.8, 4) is 0 Å². The van der Waals surface area contributed by atoms with E-state index in [1.165, 1.54) is 77.0 Å². The van der Waals surface area contributed by atoms with Gasteiger partial charge in [-0.25, -0.2) is 0 Å². The molecule has 0 radical (unpaired) electrons. The first-order valence-electron chi connectivity index (χ1n) is 11.4. The number of hydrogen-bond donors (Lipinski definition) is 0. The summed E-state index contributed by atoms with van der Waals surface area (Å²) in [6.45, 7) is 0. The van der Waals surface area contributed by atoms with E-state index in [0.29, 0.717) is 11.8 Å². The normalized spacial score (nSPS) is 58.6. The molecule has 6 aliphatic rings. The molecule has 0 bridgehead atoms. The molecule has 10 unspecified atom stereocenters. The zero-order valence-corrected chi connectivity index (χ0v) is 15.2. The maximum absolute atomic E-state index is 13.2. The van der Waals surface area contributed by atoms with E-state index < -0.39 is 0 Å². The molecule has 0 aliphatic heterocycles. The van der Waals surface area contributed by atoms with Gasteiger partial charge in [0.2, 0.25) is 0 Å². The van der Waals surface area contributed by atoms with Crippen molar-refractivity contribution in [1.82, 2.24) is 0 Å². The number of ketones is 1. The lowest BCUT2D eigenvalue weighted by atomic mass is 9.44. The van der Waals surface area contributed by atoms with Crippen LogP contribution in [-0.4, -0.2) is 5.78 Å². The molecule has 6 fully saturated rings. The number of rotatable bonds is 0. The fourth-order valence-electron chi connectivity index (χ4n) is 9.56. The van der Waals surface area contributed by atoms with Crippen LogP contribution in [0, 0.1) is 59.2 Å². The highest BCUT2D eigenvalue weighted by Crippen LogP contribution is 2.66. The summed E-state index contributed by atoms with van der Waals surface area (Å²) < 4.78 is 0. The van der Waals surface area contributed by atoms with Crippen LogP contribution in [0.15, 0.2) is 0 Å². The van der Waals surface area contributed by atoms with E-state index in [2.05, 4.69) is 0 Å². The SMILES string of the molecule is O=C1C2CCCCC2C2C1CC1CCC3CCCC4CCC2C1C34. The molecule has 0 aromatic heterocycles. The first-order valence-corrected chi connectivity index (χ1v) is 11.4. The molecular formula is C23H34O. The van der Waals surface area contributed by atoms with Gasteiger partial charge in [-0.05, 0) is 92.3 Å². The molecule has 132 valence electrons. The average Bonchev–Trinajstić information content (AvgIpc) is 2.92. The highest BCUT2D eigenvalue weighted by molar-refractivity contribution is 5.86. The molecule has 6 rings (SSSR count). The smallest absolute Gasteiger partial charge is 0.139 e. The van der Waals surface area contributed by atoms with Gasteiger partial charge in [0.1, 0.15) is 5.78 Å². The van der Waals surface area contributed by atoms with Crippen LogP contribution in [0.3, 0.4) is 0 Å². The van der Waals surface area contributed by atoms with Gasteiger partial charge in [0.05, 0.1) is 0 Å². The summed E-state index contributed by atoms with van der Waals surface area (Å²) in [7, 11) is 0. The van der Waals surface area contributed by atoms with Crippen molar-refractivity contribution < 1.29 is 4.79 Å². The van der Waals surface area contributed by atoms with Crippen LogP contribution < -0.4 is 0 Å². The monoisotopic (exact) mass is 326 g/mol. The maximum atomic E-state index is 13.2. The highest BCUT2D eigenvalue weighted by Gasteiger charge is 2.62. The van der Waals surface area contributed by atoms with E-state index in [9.17, 15) is 4.79 Å². The van der Waals surface area contributed by atoms with Crippen molar-refractivity contribution in [3.05, 3.63) is 0 Å². The Labute approximate surface area is 147 Å². The molecule has 1 heteroatoms. The number of Topliss-reactive ketones (excluding diaryl/α,β-unsaturated/α-hetero) is 1. The zero-order valence-electron chi connectivity index (χ0n) is 15.2. The Morgan fingerprint density at radius 1 is 0.542 bits per heavy atom. The largest absolute Gasteiger partial charge is 0.299 e. The molecular weight excluding hydrogens is 292 g/mol. The summed E-state index contributed by atoms with van der Waals surface area (Å²) in [4.78, 5) is 13.2. The quantitative estimate of drug-likeness (QED) is 0.576. The van der Waals surface area contributed by atoms with E-state index in [0.717, 1.165) is 53.1 Å². The standard InChI is InChI=1S/C23H34O/c24-23-17-7-2-1-6-16(17)22-18-11-10-14-5-3-4-13-8-9-15(12-19(22)23)21(18)20(13)14/h13-22H,1-12H2. The van der Waals surface area contributed by atoms with Crippen LogP contribution >= 0.6 is 0 Å². The van der Waals surface area contributed by atoms with Crippen LogP contribution in [0.4, 0.5) is 0 Å². The third-order valence-corrected chi connectivity index (χ3v) is 10.1. The third-order valence-electron chi connectivity index (χ3n) is 10.1. The van der Waals surface area contributed by atoms with E-state index in [-0.39, 0.29) is 0 Å².